The number of aromatic nitrogens is 5. The number of benzene rings is 1. The molecule has 2 fully saturated rings. The first-order valence-electron chi connectivity index (χ1n) is 15.1. The molecule has 212 valence electrons. The first-order valence-corrected chi connectivity index (χ1v) is 15.1. The monoisotopic (exact) mass is 534 g/mol. The third kappa shape index (κ3) is 8.84. The minimum Gasteiger partial charge on any atom is -0.367 e. The zero-order chi connectivity index (χ0) is 26.5. The zero-order valence-corrected chi connectivity index (χ0v) is 23.3. The highest BCUT2D eigenvalue weighted by Gasteiger charge is 2.16. The van der Waals surface area contributed by atoms with Gasteiger partial charge in [-0.3, -0.25) is 4.68 Å². The first-order chi connectivity index (χ1) is 19.3. The fourth-order valence-electron chi connectivity index (χ4n) is 5.62. The van der Waals surface area contributed by atoms with E-state index in [9.17, 15) is 0 Å². The van der Waals surface area contributed by atoms with Gasteiger partial charge in [-0.05, 0) is 89.8 Å². The number of piperidine rings is 1. The summed E-state index contributed by atoms with van der Waals surface area (Å²) < 4.78 is 1.90. The van der Waals surface area contributed by atoms with Gasteiger partial charge in [0.25, 0.3) is 0 Å². The molecule has 1 aromatic carbocycles. The zero-order valence-electron chi connectivity index (χ0n) is 23.3. The third-order valence-electron chi connectivity index (χ3n) is 7.85. The number of rotatable bonds is 15. The second-order valence-corrected chi connectivity index (χ2v) is 11.0. The van der Waals surface area contributed by atoms with Crippen molar-refractivity contribution in [2.24, 2.45) is 0 Å². The number of nitrogens with one attached hydrogen (secondary N) is 5. The number of hydrogen-bond acceptors (Lipinski definition) is 9. The maximum Gasteiger partial charge on any atom is 0.225 e. The molecule has 1 saturated carbocycles. The highest BCUT2D eigenvalue weighted by atomic mass is 15.4. The summed E-state index contributed by atoms with van der Waals surface area (Å²) >= 11 is 0. The van der Waals surface area contributed by atoms with Gasteiger partial charge in [0.2, 0.25) is 5.95 Å². The Morgan fingerprint density at radius 1 is 0.872 bits per heavy atom. The molecule has 0 spiro atoms. The van der Waals surface area contributed by atoms with Crippen molar-refractivity contribution in [2.75, 3.05) is 49.9 Å². The van der Waals surface area contributed by atoms with Crippen molar-refractivity contribution >= 4 is 22.7 Å². The number of fused-ring (bicyclic) bond motifs is 1. The Labute approximate surface area is 232 Å². The van der Waals surface area contributed by atoms with Crippen LogP contribution in [0.4, 0.5) is 11.8 Å². The number of aryl methyl sites for hydroxylation is 1. The summed E-state index contributed by atoms with van der Waals surface area (Å²) in [6, 6.07) is 9.39. The minimum absolute atomic E-state index is 0.435. The summed E-state index contributed by atoms with van der Waals surface area (Å²) in [4.78, 5) is 9.56. The largest absolute Gasteiger partial charge is 0.367 e. The molecule has 39 heavy (non-hydrogen) atoms. The molecule has 0 amide bonds. The van der Waals surface area contributed by atoms with E-state index in [1.165, 1.54) is 38.5 Å². The van der Waals surface area contributed by atoms with Gasteiger partial charge in [0, 0.05) is 30.2 Å². The standard InChI is InChI=1S/C29H46N10/c1-2-8-23(9-3-1)32-17-7-16-30-15-6-10-25-22-39(38-37-25)21-20-33-29-35-27-12-5-4-11-26(27)28(36-29)34-24-13-18-31-19-14-24/h4-5,11-12,22-24,30-32H,1-3,6-10,13-21H2,(H2,33,34,35,36). The van der Waals surface area contributed by atoms with Gasteiger partial charge >= 0.3 is 0 Å². The van der Waals surface area contributed by atoms with E-state index in [2.05, 4.69) is 49.2 Å². The maximum atomic E-state index is 4.82. The van der Waals surface area contributed by atoms with Crippen molar-refractivity contribution in [3.63, 3.8) is 0 Å². The number of hydrogen-bond donors (Lipinski definition) is 5. The SMILES string of the molecule is c1ccc2c(NC3CCNCC3)nc(NCCn3cc(CCCNCCCNC4CCCCC4)nn3)nc2c1. The number of para-hydroxylation sites is 1. The molecule has 0 unspecified atom stereocenters. The van der Waals surface area contributed by atoms with Crippen molar-refractivity contribution in [2.45, 2.75) is 82.8 Å². The molecular weight excluding hydrogens is 488 g/mol. The summed E-state index contributed by atoms with van der Waals surface area (Å²) in [5, 5.41) is 27.5. The van der Waals surface area contributed by atoms with Crippen LogP contribution in [0.25, 0.3) is 10.9 Å². The van der Waals surface area contributed by atoms with E-state index in [1.54, 1.807) is 0 Å². The van der Waals surface area contributed by atoms with Gasteiger partial charge < -0.3 is 26.6 Å². The van der Waals surface area contributed by atoms with Crippen LogP contribution in [0.5, 0.6) is 0 Å². The number of anilines is 2. The van der Waals surface area contributed by atoms with Crippen molar-refractivity contribution in [1.82, 2.24) is 40.9 Å². The third-order valence-corrected chi connectivity index (χ3v) is 7.85. The van der Waals surface area contributed by atoms with E-state index >= 15 is 0 Å². The fraction of sp³-hybridized carbons (Fsp3) is 0.655. The van der Waals surface area contributed by atoms with Gasteiger partial charge in [0.1, 0.15) is 5.82 Å². The highest BCUT2D eigenvalue weighted by Crippen LogP contribution is 2.24. The Bertz CT molecular complexity index is 1120. The Kier molecular flexibility index (Phi) is 10.7. The molecule has 3 aromatic rings. The molecule has 1 saturated heterocycles. The molecule has 10 nitrogen and oxygen atoms in total. The Morgan fingerprint density at radius 2 is 1.72 bits per heavy atom. The lowest BCUT2D eigenvalue weighted by atomic mass is 9.95. The van der Waals surface area contributed by atoms with E-state index in [0.29, 0.717) is 25.1 Å². The lowest BCUT2D eigenvalue weighted by Gasteiger charge is -2.25. The van der Waals surface area contributed by atoms with Crippen LogP contribution in [-0.4, -0.2) is 76.3 Å². The van der Waals surface area contributed by atoms with Gasteiger partial charge in [-0.25, -0.2) is 4.98 Å². The van der Waals surface area contributed by atoms with Gasteiger partial charge in [-0.2, -0.15) is 4.98 Å². The second kappa shape index (κ2) is 15.1. The van der Waals surface area contributed by atoms with Crippen molar-refractivity contribution in [3.8, 4) is 0 Å². The summed E-state index contributed by atoms with van der Waals surface area (Å²) in [7, 11) is 0. The molecule has 1 aliphatic carbocycles. The van der Waals surface area contributed by atoms with E-state index in [-0.39, 0.29) is 0 Å². The average molecular weight is 535 g/mol. The smallest absolute Gasteiger partial charge is 0.225 e. The molecule has 0 atom stereocenters. The Morgan fingerprint density at radius 3 is 2.62 bits per heavy atom. The molecule has 0 radical (unpaired) electrons. The van der Waals surface area contributed by atoms with Crippen LogP contribution < -0.4 is 26.6 Å². The van der Waals surface area contributed by atoms with Crippen molar-refractivity contribution in [3.05, 3.63) is 36.2 Å². The Balaban J connectivity index is 0.997. The molecule has 5 N–H and O–H groups in total. The van der Waals surface area contributed by atoms with Crippen LogP contribution in [0.2, 0.25) is 0 Å². The maximum absolute atomic E-state index is 4.82. The van der Waals surface area contributed by atoms with Crippen LogP contribution in [0.15, 0.2) is 30.5 Å². The summed E-state index contributed by atoms with van der Waals surface area (Å²) in [6.45, 7) is 6.70. The van der Waals surface area contributed by atoms with Gasteiger partial charge in [-0.15, -0.1) is 5.10 Å². The van der Waals surface area contributed by atoms with Crippen LogP contribution in [0, 0.1) is 0 Å². The van der Waals surface area contributed by atoms with Crippen molar-refractivity contribution < 1.29 is 0 Å². The molecule has 3 heterocycles. The molecular formula is C29H46N10. The molecule has 0 bridgehead atoms. The van der Waals surface area contributed by atoms with Crippen LogP contribution in [0.3, 0.4) is 0 Å². The van der Waals surface area contributed by atoms with E-state index in [1.807, 2.05) is 22.9 Å². The number of nitrogens with zero attached hydrogens (tertiary/aromatic N) is 5. The molecule has 2 aliphatic rings. The molecule has 2 aromatic heterocycles. The topological polar surface area (TPSA) is 117 Å². The van der Waals surface area contributed by atoms with Gasteiger partial charge in [0.05, 0.1) is 17.8 Å². The second-order valence-electron chi connectivity index (χ2n) is 11.0. The predicted molar refractivity (Wildman–Crippen MR) is 158 cm³/mol. The van der Waals surface area contributed by atoms with Gasteiger partial charge in [-0.1, -0.05) is 36.6 Å². The summed E-state index contributed by atoms with van der Waals surface area (Å²) in [5.74, 6) is 1.55. The predicted octanol–water partition coefficient (Wildman–Crippen LogP) is 3.33. The lowest BCUT2D eigenvalue weighted by molar-refractivity contribution is 0.371. The molecule has 5 rings (SSSR count). The normalized spacial score (nSPS) is 17.0. The first kappa shape index (κ1) is 27.7. The quantitative estimate of drug-likeness (QED) is 0.187. The van der Waals surface area contributed by atoms with Crippen LogP contribution in [-0.2, 0) is 13.0 Å². The van der Waals surface area contributed by atoms with E-state index in [0.717, 1.165) is 86.9 Å². The highest BCUT2D eigenvalue weighted by molar-refractivity contribution is 5.90. The molecule has 1 aliphatic heterocycles. The summed E-state index contributed by atoms with van der Waals surface area (Å²) in [6.07, 6.45) is 14.4. The molecule has 10 heteroatoms. The van der Waals surface area contributed by atoms with Crippen molar-refractivity contribution in [1.29, 1.82) is 0 Å². The minimum atomic E-state index is 0.435. The average Bonchev–Trinajstić information content (AvgIpc) is 3.43. The van der Waals surface area contributed by atoms with E-state index in [4.69, 9.17) is 9.97 Å². The lowest BCUT2D eigenvalue weighted by Crippen LogP contribution is -2.35. The van der Waals surface area contributed by atoms with Gasteiger partial charge in [0.15, 0.2) is 0 Å². The van der Waals surface area contributed by atoms with Crippen LogP contribution >= 0.6 is 0 Å². The van der Waals surface area contributed by atoms with Crippen LogP contribution in [0.1, 0.15) is 63.5 Å². The van der Waals surface area contributed by atoms with E-state index < -0.39 is 0 Å². The summed E-state index contributed by atoms with van der Waals surface area (Å²) in [5.41, 5.74) is 2.00. The fourth-order valence-corrected chi connectivity index (χ4v) is 5.62. The Hall–Kier alpha value is -2.82.